The molecule has 0 aliphatic heterocycles. The van der Waals surface area contributed by atoms with Crippen molar-refractivity contribution >= 4 is 39.2 Å². The Balaban J connectivity index is 2.82. The molecule has 0 aromatic heterocycles. The molecule has 76 valence electrons. The molecule has 4 N–H and O–H groups in total. The maximum Gasteiger partial charge on any atom is 0.209 e. The maximum absolute atomic E-state index is 5.91. The van der Waals surface area contributed by atoms with Gasteiger partial charge in [0.05, 0.1) is 5.02 Å². The van der Waals surface area contributed by atoms with Gasteiger partial charge in [0.1, 0.15) is 0 Å². The van der Waals surface area contributed by atoms with Gasteiger partial charge in [0, 0.05) is 17.2 Å². The molecule has 1 aromatic rings. The third-order valence-corrected chi connectivity index (χ3v) is 2.78. The van der Waals surface area contributed by atoms with Gasteiger partial charge in [-0.15, -0.1) is 0 Å². The van der Waals surface area contributed by atoms with E-state index in [4.69, 9.17) is 17.4 Å². The Kier molecular flexibility index (Phi) is 4.19. The van der Waals surface area contributed by atoms with E-state index in [1.54, 1.807) is 13.1 Å². The summed E-state index contributed by atoms with van der Waals surface area (Å²) in [7, 11) is 1.63. The third-order valence-electron chi connectivity index (χ3n) is 1.54. The summed E-state index contributed by atoms with van der Waals surface area (Å²) in [6, 6.07) is 5.47. The predicted octanol–water partition coefficient (Wildman–Crippen LogP) is 1.96. The van der Waals surface area contributed by atoms with Crippen molar-refractivity contribution in [1.29, 1.82) is 0 Å². The van der Waals surface area contributed by atoms with Crippen molar-refractivity contribution in [3.8, 4) is 0 Å². The smallest absolute Gasteiger partial charge is 0.209 e. The number of nitrogens with zero attached hydrogens (tertiary/aromatic N) is 1. The summed E-state index contributed by atoms with van der Waals surface area (Å²) in [5.41, 5.74) is 3.23. The van der Waals surface area contributed by atoms with Crippen LogP contribution >= 0.6 is 27.5 Å². The SMILES string of the molecule is CN=C(NN)Nc1ccc(Br)c(Cl)c1. The van der Waals surface area contributed by atoms with Crippen molar-refractivity contribution in [2.24, 2.45) is 10.8 Å². The van der Waals surface area contributed by atoms with Crippen molar-refractivity contribution < 1.29 is 0 Å². The second-order valence-corrected chi connectivity index (χ2v) is 3.73. The Morgan fingerprint density at radius 1 is 1.57 bits per heavy atom. The molecule has 0 fully saturated rings. The Hall–Kier alpha value is -0.780. The van der Waals surface area contributed by atoms with Crippen molar-refractivity contribution in [2.75, 3.05) is 12.4 Å². The molecule has 14 heavy (non-hydrogen) atoms. The van der Waals surface area contributed by atoms with Crippen LogP contribution in [-0.2, 0) is 0 Å². The highest BCUT2D eigenvalue weighted by atomic mass is 79.9. The number of nitrogens with two attached hydrogens (primary N) is 1. The fourth-order valence-electron chi connectivity index (χ4n) is 0.867. The van der Waals surface area contributed by atoms with E-state index >= 15 is 0 Å². The van der Waals surface area contributed by atoms with Crippen LogP contribution in [0.1, 0.15) is 0 Å². The summed E-state index contributed by atoms with van der Waals surface area (Å²) in [6.45, 7) is 0. The number of hydrazine groups is 1. The number of benzene rings is 1. The summed E-state index contributed by atoms with van der Waals surface area (Å²) in [6.07, 6.45) is 0. The van der Waals surface area contributed by atoms with E-state index in [0.717, 1.165) is 10.2 Å². The van der Waals surface area contributed by atoms with Gasteiger partial charge < -0.3 is 5.32 Å². The number of halogens is 2. The molecule has 0 aliphatic rings. The number of anilines is 1. The van der Waals surface area contributed by atoms with E-state index < -0.39 is 0 Å². The van der Waals surface area contributed by atoms with Gasteiger partial charge >= 0.3 is 0 Å². The van der Waals surface area contributed by atoms with Crippen LogP contribution < -0.4 is 16.6 Å². The molecule has 0 heterocycles. The van der Waals surface area contributed by atoms with E-state index in [9.17, 15) is 0 Å². The predicted molar refractivity (Wildman–Crippen MR) is 63.5 cm³/mol. The molecule has 0 bridgehead atoms. The van der Waals surface area contributed by atoms with Crippen molar-refractivity contribution in [2.45, 2.75) is 0 Å². The van der Waals surface area contributed by atoms with E-state index in [0.29, 0.717) is 11.0 Å². The first-order chi connectivity index (χ1) is 6.67. The van der Waals surface area contributed by atoms with Crippen LogP contribution in [0.5, 0.6) is 0 Å². The minimum Gasteiger partial charge on any atom is -0.325 e. The summed E-state index contributed by atoms with van der Waals surface area (Å²) >= 11 is 9.20. The number of nitrogens with one attached hydrogen (secondary N) is 2. The molecule has 0 saturated carbocycles. The minimum absolute atomic E-state index is 0.475. The highest BCUT2D eigenvalue weighted by Gasteiger charge is 2.00. The number of guanidine groups is 1. The van der Waals surface area contributed by atoms with Crippen molar-refractivity contribution in [1.82, 2.24) is 5.43 Å². The molecule has 0 amide bonds. The number of aliphatic imine (C=N–C) groups is 1. The number of rotatable bonds is 1. The molecule has 0 aliphatic carbocycles. The topological polar surface area (TPSA) is 62.4 Å². The van der Waals surface area contributed by atoms with Gasteiger partial charge in [-0.3, -0.25) is 10.4 Å². The first-order valence-electron chi connectivity index (χ1n) is 3.83. The number of hydrogen-bond acceptors (Lipinski definition) is 2. The third kappa shape index (κ3) is 2.87. The molecule has 0 radical (unpaired) electrons. The largest absolute Gasteiger partial charge is 0.325 e. The van der Waals surface area contributed by atoms with Crippen LogP contribution in [0.3, 0.4) is 0 Å². The second-order valence-electron chi connectivity index (χ2n) is 2.47. The van der Waals surface area contributed by atoms with Gasteiger partial charge in [0.25, 0.3) is 0 Å². The Labute approximate surface area is 95.6 Å². The highest BCUT2D eigenvalue weighted by molar-refractivity contribution is 9.10. The van der Waals surface area contributed by atoms with E-state index in [-0.39, 0.29) is 0 Å². The van der Waals surface area contributed by atoms with Crippen molar-refractivity contribution in [3.05, 3.63) is 27.7 Å². The normalized spacial score (nSPS) is 11.3. The molecular formula is C8H10BrClN4. The van der Waals surface area contributed by atoms with Crippen LogP contribution in [0.4, 0.5) is 5.69 Å². The lowest BCUT2D eigenvalue weighted by Crippen LogP contribution is -2.36. The molecule has 0 atom stereocenters. The van der Waals surface area contributed by atoms with Crippen LogP contribution in [0.25, 0.3) is 0 Å². The first-order valence-corrected chi connectivity index (χ1v) is 5.00. The van der Waals surface area contributed by atoms with Gasteiger partial charge in [-0.25, -0.2) is 5.84 Å². The van der Waals surface area contributed by atoms with Crippen LogP contribution in [0.15, 0.2) is 27.7 Å². The average molecular weight is 278 g/mol. The highest BCUT2D eigenvalue weighted by Crippen LogP contribution is 2.25. The van der Waals surface area contributed by atoms with Crippen LogP contribution in [-0.4, -0.2) is 13.0 Å². The first kappa shape index (κ1) is 11.3. The van der Waals surface area contributed by atoms with E-state index in [1.807, 2.05) is 12.1 Å². The molecule has 1 aromatic carbocycles. The molecule has 0 spiro atoms. The van der Waals surface area contributed by atoms with Crippen LogP contribution in [0.2, 0.25) is 5.02 Å². The monoisotopic (exact) mass is 276 g/mol. The molecule has 0 saturated heterocycles. The molecular weight excluding hydrogens is 267 g/mol. The zero-order valence-electron chi connectivity index (χ0n) is 7.51. The summed E-state index contributed by atoms with van der Waals surface area (Å²) < 4.78 is 0.848. The van der Waals surface area contributed by atoms with Gasteiger partial charge in [-0.2, -0.15) is 0 Å². The van der Waals surface area contributed by atoms with Crippen LogP contribution in [0, 0.1) is 0 Å². The Morgan fingerprint density at radius 3 is 2.79 bits per heavy atom. The lowest BCUT2D eigenvalue weighted by atomic mass is 10.3. The van der Waals surface area contributed by atoms with E-state index in [1.165, 1.54) is 0 Å². The molecule has 1 rings (SSSR count). The molecule has 6 heteroatoms. The van der Waals surface area contributed by atoms with Crippen molar-refractivity contribution in [3.63, 3.8) is 0 Å². The molecule has 4 nitrogen and oxygen atoms in total. The lowest BCUT2D eigenvalue weighted by Gasteiger charge is -2.08. The quantitative estimate of drug-likeness (QED) is 0.318. The van der Waals surface area contributed by atoms with E-state index in [2.05, 4.69) is 31.7 Å². The average Bonchev–Trinajstić information content (AvgIpc) is 2.19. The summed E-state index contributed by atoms with van der Waals surface area (Å²) in [5, 5.41) is 3.58. The number of hydrogen-bond donors (Lipinski definition) is 3. The second kappa shape index (κ2) is 5.19. The van der Waals surface area contributed by atoms with Gasteiger partial charge in [-0.1, -0.05) is 11.6 Å². The Morgan fingerprint density at radius 2 is 2.29 bits per heavy atom. The summed E-state index contributed by atoms with van der Waals surface area (Å²) in [5.74, 6) is 5.69. The lowest BCUT2D eigenvalue weighted by molar-refractivity contribution is 1.01. The van der Waals surface area contributed by atoms with Gasteiger partial charge in [0.2, 0.25) is 5.96 Å². The van der Waals surface area contributed by atoms with Gasteiger partial charge in [-0.05, 0) is 34.1 Å². The zero-order valence-corrected chi connectivity index (χ0v) is 9.85. The zero-order chi connectivity index (χ0) is 10.6. The minimum atomic E-state index is 0.475. The standard InChI is InChI=1S/C8H10BrClN4/c1-12-8(14-11)13-5-2-3-6(9)7(10)4-5/h2-4H,11H2,1H3,(H2,12,13,14). The Bertz CT molecular complexity index is 353. The fourth-order valence-corrected chi connectivity index (χ4v) is 1.29. The molecule has 0 unspecified atom stereocenters. The summed E-state index contributed by atoms with van der Waals surface area (Å²) in [4.78, 5) is 3.87. The van der Waals surface area contributed by atoms with Gasteiger partial charge in [0.15, 0.2) is 0 Å². The maximum atomic E-state index is 5.91. The fraction of sp³-hybridized carbons (Fsp3) is 0.125.